The first-order valence-corrected chi connectivity index (χ1v) is 8.21. The predicted molar refractivity (Wildman–Crippen MR) is 92.8 cm³/mol. The summed E-state index contributed by atoms with van der Waals surface area (Å²) in [5.74, 6) is -3.03. The molecule has 0 saturated carbocycles. The normalized spacial score (nSPS) is 11.9. The van der Waals surface area contributed by atoms with Gasteiger partial charge in [-0.05, 0) is 46.6 Å². The summed E-state index contributed by atoms with van der Waals surface area (Å²) >= 11 is 3.25. The highest BCUT2D eigenvalue weighted by molar-refractivity contribution is 9.10. The molecule has 0 aliphatic rings. The van der Waals surface area contributed by atoms with Crippen molar-refractivity contribution >= 4 is 33.3 Å². The van der Waals surface area contributed by atoms with Crippen LogP contribution in [0.5, 0.6) is 0 Å². The Morgan fingerprint density at radius 2 is 2.15 bits per heavy atom. The van der Waals surface area contributed by atoms with E-state index in [4.69, 9.17) is 15.1 Å². The number of amides is 1. The maximum absolute atomic E-state index is 14.3. The molecule has 1 aromatic heterocycles. The molecule has 10 heteroatoms. The molecule has 2 aromatic rings. The van der Waals surface area contributed by atoms with Crippen molar-refractivity contribution < 1.29 is 28.6 Å². The number of nitrogens with one attached hydrogen (secondary N) is 2. The average molecular weight is 432 g/mol. The van der Waals surface area contributed by atoms with E-state index in [9.17, 15) is 13.6 Å². The monoisotopic (exact) mass is 431 g/mol. The standard InChI is InChI=1S/C16H16BrF2N3O4/c1-8-4-9(17)5-20-15(8)21-14-11(2-3-12(18)13(14)19)16(25)22-26-7-10(24)6-23/h2-5,10,23-24H,6-7H2,1H3,(H,20,21)(H,22,25)/t10-/m1/s1. The van der Waals surface area contributed by atoms with E-state index in [1.165, 1.54) is 6.20 Å². The van der Waals surface area contributed by atoms with E-state index in [2.05, 4.69) is 26.2 Å². The first kappa shape index (κ1) is 20.2. The number of pyridine rings is 1. The lowest BCUT2D eigenvalue weighted by molar-refractivity contribution is -0.0295. The van der Waals surface area contributed by atoms with E-state index in [0.717, 1.165) is 12.1 Å². The molecule has 7 nitrogen and oxygen atoms in total. The summed E-state index contributed by atoms with van der Waals surface area (Å²) < 4.78 is 28.6. The summed E-state index contributed by atoms with van der Waals surface area (Å²) in [6.45, 7) is 0.779. The Morgan fingerprint density at radius 1 is 1.42 bits per heavy atom. The minimum atomic E-state index is -1.25. The smallest absolute Gasteiger partial charge is 0.277 e. The van der Waals surface area contributed by atoms with Gasteiger partial charge in [0.15, 0.2) is 11.6 Å². The van der Waals surface area contributed by atoms with Crippen LogP contribution in [0.1, 0.15) is 15.9 Å². The molecule has 2 rings (SSSR count). The van der Waals surface area contributed by atoms with Crippen molar-refractivity contribution in [3.63, 3.8) is 0 Å². The highest BCUT2D eigenvalue weighted by atomic mass is 79.9. The number of nitrogens with zero attached hydrogens (tertiary/aromatic N) is 1. The van der Waals surface area contributed by atoms with Crippen LogP contribution in [0.4, 0.5) is 20.3 Å². The van der Waals surface area contributed by atoms with E-state index in [1.807, 2.05) is 5.48 Å². The summed E-state index contributed by atoms with van der Waals surface area (Å²) in [7, 11) is 0. The number of aromatic nitrogens is 1. The molecule has 0 aliphatic carbocycles. The molecule has 0 bridgehead atoms. The fraction of sp³-hybridized carbons (Fsp3) is 0.250. The Balaban J connectivity index is 2.27. The summed E-state index contributed by atoms with van der Waals surface area (Å²) in [5.41, 5.74) is 1.99. The van der Waals surface area contributed by atoms with Gasteiger partial charge < -0.3 is 15.5 Å². The van der Waals surface area contributed by atoms with Crippen molar-refractivity contribution in [2.24, 2.45) is 0 Å². The third-order valence-corrected chi connectivity index (χ3v) is 3.71. The second-order valence-electron chi connectivity index (χ2n) is 5.31. The zero-order valence-electron chi connectivity index (χ0n) is 13.6. The second-order valence-corrected chi connectivity index (χ2v) is 6.22. The number of aliphatic hydroxyl groups excluding tert-OH is 2. The first-order valence-electron chi connectivity index (χ1n) is 7.41. The number of hydrogen-bond donors (Lipinski definition) is 4. The van der Waals surface area contributed by atoms with Crippen molar-refractivity contribution in [2.75, 3.05) is 18.5 Å². The molecule has 0 radical (unpaired) electrons. The molecule has 4 N–H and O–H groups in total. The van der Waals surface area contributed by atoms with Crippen LogP contribution in [0.15, 0.2) is 28.9 Å². The zero-order valence-corrected chi connectivity index (χ0v) is 15.2. The van der Waals surface area contributed by atoms with Crippen molar-refractivity contribution in [1.29, 1.82) is 0 Å². The number of anilines is 2. The lowest BCUT2D eigenvalue weighted by Crippen LogP contribution is -2.30. The summed E-state index contributed by atoms with van der Waals surface area (Å²) in [4.78, 5) is 21.0. The Bertz CT molecular complexity index is 807. The molecular weight excluding hydrogens is 416 g/mol. The van der Waals surface area contributed by atoms with Gasteiger partial charge in [-0.15, -0.1) is 0 Å². The molecule has 1 atom stereocenters. The Labute approximate surface area is 156 Å². The lowest BCUT2D eigenvalue weighted by atomic mass is 10.1. The quantitative estimate of drug-likeness (QED) is 0.501. The summed E-state index contributed by atoms with van der Waals surface area (Å²) in [5, 5.41) is 20.5. The van der Waals surface area contributed by atoms with Crippen LogP contribution < -0.4 is 10.8 Å². The van der Waals surface area contributed by atoms with E-state index < -0.39 is 35.9 Å². The molecule has 140 valence electrons. The molecule has 1 heterocycles. The van der Waals surface area contributed by atoms with E-state index in [1.54, 1.807) is 13.0 Å². The zero-order chi connectivity index (χ0) is 19.3. The Kier molecular flexibility index (Phi) is 6.98. The minimum Gasteiger partial charge on any atom is -0.394 e. The number of halogens is 3. The number of rotatable bonds is 7. The lowest BCUT2D eigenvalue weighted by Gasteiger charge is -2.15. The van der Waals surface area contributed by atoms with Crippen molar-refractivity contribution in [2.45, 2.75) is 13.0 Å². The molecule has 1 aromatic carbocycles. The van der Waals surface area contributed by atoms with Crippen LogP contribution >= 0.6 is 15.9 Å². The predicted octanol–water partition coefficient (Wildman–Crippen LogP) is 2.19. The van der Waals surface area contributed by atoms with Gasteiger partial charge in [0.05, 0.1) is 17.9 Å². The molecule has 0 aliphatic heterocycles. The van der Waals surface area contributed by atoms with Gasteiger partial charge >= 0.3 is 0 Å². The number of hydroxylamine groups is 1. The van der Waals surface area contributed by atoms with Crippen LogP contribution in [-0.2, 0) is 4.84 Å². The molecule has 1 amide bonds. The van der Waals surface area contributed by atoms with Crippen LogP contribution in [0.2, 0.25) is 0 Å². The van der Waals surface area contributed by atoms with Crippen molar-refractivity contribution in [1.82, 2.24) is 10.5 Å². The van der Waals surface area contributed by atoms with Gasteiger partial charge in [0.25, 0.3) is 5.91 Å². The number of carbonyl (C=O) groups excluding carboxylic acids is 1. The van der Waals surface area contributed by atoms with Crippen molar-refractivity contribution in [3.8, 4) is 0 Å². The van der Waals surface area contributed by atoms with Gasteiger partial charge in [-0.2, -0.15) is 0 Å². The fourth-order valence-electron chi connectivity index (χ4n) is 1.96. The molecule has 0 spiro atoms. The van der Waals surface area contributed by atoms with E-state index in [-0.39, 0.29) is 18.0 Å². The molecule has 0 saturated heterocycles. The minimum absolute atomic E-state index is 0.230. The number of aliphatic hydroxyl groups is 2. The number of benzene rings is 1. The second kappa shape index (κ2) is 8.99. The Hall–Kier alpha value is -2.14. The fourth-order valence-corrected chi connectivity index (χ4v) is 2.41. The SMILES string of the molecule is Cc1cc(Br)cnc1Nc1c(C(=O)NOC[C@H](O)CO)ccc(F)c1F. The van der Waals surface area contributed by atoms with Gasteiger partial charge in [-0.1, -0.05) is 0 Å². The van der Waals surface area contributed by atoms with Crippen LogP contribution in [0, 0.1) is 18.6 Å². The summed E-state index contributed by atoms with van der Waals surface area (Å²) in [6.07, 6.45) is 0.276. The largest absolute Gasteiger partial charge is 0.394 e. The Morgan fingerprint density at radius 3 is 2.81 bits per heavy atom. The summed E-state index contributed by atoms with van der Waals surface area (Å²) in [6, 6.07) is 3.60. The molecular formula is C16H16BrF2N3O4. The number of aryl methyl sites for hydroxylation is 1. The molecule has 0 unspecified atom stereocenters. The van der Waals surface area contributed by atoms with Crippen LogP contribution in [0.25, 0.3) is 0 Å². The average Bonchev–Trinajstić information content (AvgIpc) is 2.60. The molecule has 0 fully saturated rings. The highest BCUT2D eigenvalue weighted by Crippen LogP contribution is 2.28. The number of hydrogen-bond acceptors (Lipinski definition) is 6. The van der Waals surface area contributed by atoms with Gasteiger partial charge in [-0.25, -0.2) is 19.2 Å². The third kappa shape index (κ3) is 4.94. The van der Waals surface area contributed by atoms with Gasteiger partial charge in [0.2, 0.25) is 0 Å². The van der Waals surface area contributed by atoms with Gasteiger partial charge in [-0.3, -0.25) is 9.63 Å². The van der Waals surface area contributed by atoms with Crippen molar-refractivity contribution in [3.05, 3.63) is 51.6 Å². The van der Waals surface area contributed by atoms with Crippen LogP contribution in [0.3, 0.4) is 0 Å². The maximum Gasteiger partial charge on any atom is 0.277 e. The van der Waals surface area contributed by atoms with Crippen LogP contribution in [-0.4, -0.2) is 40.4 Å². The van der Waals surface area contributed by atoms with E-state index in [0.29, 0.717) is 10.0 Å². The van der Waals surface area contributed by atoms with Gasteiger partial charge in [0.1, 0.15) is 18.5 Å². The topological polar surface area (TPSA) is 104 Å². The van der Waals surface area contributed by atoms with E-state index >= 15 is 0 Å². The molecule has 26 heavy (non-hydrogen) atoms. The number of carbonyl (C=O) groups is 1. The third-order valence-electron chi connectivity index (χ3n) is 3.28. The highest BCUT2D eigenvalue weighted by Gasteiger charge is 2.20. The maximum atomic E-state index is 14.3. The first-order chi connectivity index (χ1) is 12.3. The van der Waals surface area contributed by atoms with Gasteiger partial charge in [0, 0.05) is 10.7 Å².